The second-order valence-electron chi connectivity index (χ2n) is 7.11. The van der Waals surface area contributed by atoms with Gasteiger partial charge >= 0.3 is 0 Å². The topological polar surface area (TPSA) is 46.2 Å². The molecule has 2 unspecified atom stereocenters. The molecule has 0 saturated heterocycles. The van der Waals surface area contributed by atoms with Gasteiger partial charge in [-0.25, -0.2) is 0 Å². The van der Waals surface area contributed by atoms with Crippen molar-refractivity contribution in [3.63, 3.8) is 0 Å². The Bertz CT molecular complexity index is 450. The first-order valence-corrected chi connectivity index (χ1v) is 7.18. The predicted molar refractivity (Wildman–Crippen MR) is 80.0 cm³/mol. The lowest BCUT2D eigenvalue weighted by molar-refractivity contribution is 0.102. The number of hydrogen-bond acceptors (Lipinski definition) is 2. The van der Waals surface area contributed by atoms with Gasteiger partial charge in [-0.15, -0.1) is 0 Å². The fourth-order valence-corrected chi connectivity index (χ4v) is 3.79. The smallest absolute Gasteiger partial charge is 0.0659 e. The van der Waals surface area contributed by atoms with E-state index in [1.165, 1.54) is 11.1 Å². The number of hydrogen-bond donors (Lipinski definition) is 2. The lowest BCUT2D eigenvalue weighted by atomic mass is 9.85. The van der Waals surface area contributed by atoms with Crippen molar-refractivity contribution in [3.05, 3.63) is 35.4 Å². The molecule has 0 heterocycles. The molecule has 1 aliphatic carbocycles. The van der Waals surface area contributed by atoms with Crippen LogP contribution in [-0.4, -0.2) is 17.8 Å². The molecule has 1 fully saturated rings. The molecule has 106 valence electrons. The highest BCUT2D eigenvalue weighted by Crippen LogP contribution is 2.70. The third-order valence-corrected chi connectivity index (χ3v) is 5.73. The van der Waals surface area contributed by atoms with E-state index in [0.29, 0.717) is 12.5 Å². The van der Waals surface area contributed by atoms with Gasteiger partial charge < -0.3 is 10.8 Å². The van der Waals surface area contributed by atoms with E-state index < -0.39 is 0 Å². The minimum atomic E-state index is -0.365. The quantitative estimate of drug-likeness (QED) is 0.875. The Morgan fingerprint density at radius 2 is 1.68 bits per heavy atom. The summed E-state index contributed by atoms with van der Waals surface area (Å²) in [6, 6.07) is 8.25. The Balaban J connectivity index is 2.28. The summed E-state index contributed by atoms with van der Waals surface area (Å²) in [4.78, 5) is 0. The maximum absolute atomic E-state index is 10.8. The van der Waals surface area contributed by atoms with Crippen LogP contribution in [-0.2, 0) is 0 Å². The van der Waals surface area contributed by atoms with E-state index in [0.717, 1.165) is 0 Å². The monoisotopic (exact) mass is 261 g/mol. The fourth-order valence-electron chi connectivity index (χ4n) is 3.79. The van der Waals surface area contributed by atoms with Gasteiger partial charge in [-0.1, -0.05) is 52.0 Å². The van der Waals surface area contributed by atoms with Crippen LogP contribution in [0.5, 0.6) is 0 Å². The SMILES string of the molecule is Cc1ccccc1C(CN)C(O)C1C(C)(C)C1(C)C. The van der Waals surface area contributed by atoms with Crippen molar-refractivity contribution in [2.75, 3.05) is 6.54 Å². The molecule has 19 heavy (non-hydrogen) atoms. The molecule has 3 N–H and O–H groups in total. The molecule has 0 spiro atoms. The summed E-state index contributed by atoms with van der Waals surface area (Å²) in [7, 11) is 0. The largest absolute Gasteiger partial charge is 0.392 e. The van der Waals surface area contributed by atoms with E-state index >= 15 is 0 Å². The molecule has 2 atom stereocenters. The van der Waals surface area contributed by atoms with Crippen LogP contribution in [0.25, 0.3) is 0 Å². The van der Waals surface area contributed by atoms with E-state index in [4.69, 9.17) is 5.73 Å². The minimum absolute atomic E-state index is 0.0345. The van der Waals surface area contributed by atoms with E-state index in [-0.39, 0.29) is 22.9 Å². The molecule has 0 aliphatic heterocycles. The summed E-state index contributed by atoms with van der Waals surface area (Å²) in [5.41, 5.74) is 8.73. The Morgan fingerprint density at radius 3 is 2.11 bits per heavy atom. The van der Waals surface area contributed by atoms with E-state index in [1.54, 1.807) is 0 Å². The van der Waals surface area contributed by atoms with Crippen molar-refractivity contribution >= 4 is 0 Å². The van der Waals surface area contributed by atoms with Crippen molar-refractivity contribution < 1.29 is 5.11 Å². The van der Waals surface area contributed by atoms with Crippen LogP contribution in [0.15, 0.2) is 24.3 Å². The van der Waals surface area contributed by atoms with E-state index in [2.05, 4.69) is 46.8 Å². The summed E-state index contributed by atoms with van der Waals surface area (Å²) in [5.74, 6) is 0.348. The number of nitrogens with two attached hydrogens (primary N) is 1. The minimum Gasteiger partial charge on any atom is -0.392 e. The Hall–Kier alpha value is -0.860. The van der Waals surface area contributed by atoms with Crippen LogP contribution < -0.4 is 5.73 Å². The number of aryl methyl sites for hydroxylation is 1. The summed E-state index contributed by atoms with van der Waals surface area (Å²) in [5, 5.41) is 10.8. The Morgan fingerprint density at radius 1 is 1.16 bits per heavy atom. The van der Waals surface area contributed by atoms with Gasteiger partial charge in [0.25, 0.3) is 0 Å². The number of benzene rings is 1. The summed E-state index contributed by atoms with van der Waals surface area (Å²) in [6.45, 7) is 11.6. The summed E-state index contributed by atoms with van der Waals surface area (Å²) < 4.78 is 0. The third kappa shape index (κ3) is 2.11. The standard InChI is InChI=1S/C17H27NO/c1-11-8-6-7-9-12(11)13(10-18)14(19)15-16(2,3)17(15,4)5/h6-9,13-15,19H,10,18H2,1-5H3. The van der Waals surface area contributed by atoms with Crippen LogP contribution in [0.1, 0.15) is 44.7 Å². The number of aliphatic hydroxyl groups is 1. The zero-order chi connectivity index (χ0) is 14.4. The molecular weight excluding hydrogens is 234 g/mol. The molecule has 1 aromatic rings. The second-order valence-corrected chi connectivity index (χ2v) is 7.11. The van der Waals surface area contributed by atoms with Gasteiger partial charge in [0.15, 0.2) is 0 Å². The van der Waals surface area contributed by atoms with E-state index in [9.17, 15) is 5.11 Å². The van der Waals surface area contributed by atoms with Crippen LogP contribution >= 0.6 is 0 Å². The van der Waals surface area contributed by atoms with Crippen LogP contribution in [0, 0.1) is 23.7 Å². The van der Waals surface area contributed by atoms with Crippen molar-refractivity contribution in [2.45, 2.75) is 46.6 Å². The summed E-state index contributed by atoms with van der Waals surface area (Å²) >= 11 is 0. The number of aliphatic hydroxyl groups excluding tert-OH is 1. The molecule has 0 amide bonds. The lowest BCUT2D eigenvalue weighted by Gasteiger charge is -2.25. The average Bonchev–Trinajstić information content (AvgIpc) is 2.73. The van der Waals surface area contributed by atoms with Gasteiger partial charge in [0, 0.05) is 12.5 Å². The van der Waals surface area contributed by atoms with Crippen LogP contribution in [0.3, 0.4) is 0 Å². The van der Waals surface area contributed by atoms with E-state index in [1.807, 2.05) is 12.1 Å². The Labute approximate surface area is 117 Å². The maximum atomic E-state index is 10.8. The molecule has 1 saturated carbocycles. The Kier molecular flexibility index (Phi) is 3.53. The molecule has 2 rings (SSSR count). The maximum Gasteiger partial charge on any atom is 0.0659 e. The van der Waals surface area contributed by atoms with Crippen molar-refractivity contribution in [1.82, 2.24) is 0 Å². The molecule has 1 aliphatic rings. The van der Waals surface area contributed by atoms with Crippen LogP contribution in [0.4, 0.5) is 0 Å². The highest BCUT2D eigenvalue weighted by Gasteiger charge is 2.67. The van der Waals surface area contributed by atoms with Gasteiger partial charge in [0.2, 0.25) is 0 Å². The molecule has 0 bridgehead atoms. The van der Waals surface area contributed by atoms with Gasteiger partial charge in [0.1, 0.15) is 0 Å². The highest BCUT2D eigenvalue weighted by molar-refractivity contribution is 5.32. The third-order valence-electron chi connectivity index (χ3n) is 5.73. The first kappa shape index (κ1) is 14.5. The molecule has 0 aromatic heterocycles. The molecule has 2 heteroatoms. The highest BCUT2D eigenvalue weighted by atomic mass is 16.3. The van der Waals surface area contributed by atoms with Crippen LogP contribution in [0.2, 0.25) is 0 Å². The molecule has 2 nitrogen and oxygen atoms in total. The first-order valence-electron chi connectivity index (χ1n) is 7.18. The van der Waals surface area contributed by atoms with Gasteiger partial charge in [-0.05, 0) is 34.8 Å². The first-order chi connectivity index (χ1) is 8.75. The average molecular weight is 261 g/mol. The second kappa shape index (κ2) is 4.60. The molecule has 0 radical (unpaired) electrons. The molecule has 1 aromatic carbocycles. The zero-order valence-electron chi connectivity index (χ0n) is 12.8. The van der Waals surface area contributed by atoms with Crippen molar-refractivity contribution in [2.24, 2.45) is 22.5 Å². The number of rotatable bonds is 4. The molecular formula is C17H27NO. The van der Waals surface area contributed by atoms with Crippen molar-refractivity contribution in [3.8, 4) is 0 Å². The van der Waals surface area contributed by atoms with Gasteiger partial charge in [-0.2, -0.15) is 0 Å². The lowest BCUT2D eigenvalue weighted by Crippen LogP contribution is -2.30. The zero-order valence-corrected chi connectivity index (χ0v) is 12.8. The fraction of sp³-hybridized carbons (Fsp3) is 0.647. The van der Waals surface area contributed by atoms with Gasteiger partial charge in [-0.3, -0.25) is 0 Å². The summed E-state index contributed by atoms with van der Waals surface area (Å²) in [6.07, 6.45) is -0.365. The van der Waals surface area contributed by atoms with Crippen molar-refractivity contribution in [1.29, 1.82) is 0 Å². The predicted octanol–water partition coefficient (Wildman–Crippen LogP) is 3.08. The normalized spacial score (nSPS) is 23.9. The van der Waals surface area contributed by atoms with Gasteiger partial charge in [0.05, 0.1) is 6.10 Å².